The molecule has 0 spiro atoms. The molecule has 6 nitrogen and oxygen atoms in total. The molecule has 0 fully saturated rings. The maximum absolute atomic E-state index is 11.9. The summed E-state index contributed by atoms with van der Waals surface area (Å²) in [6, 6.07) is 2.06. The van der Waals surface area contributed by atoms with Crippen LogP contribution < -0.4 is 16.0 Å². The van der Waals surface area contributed by atoms with E-state index in [1.807, 2.05) is 46.9 Å². The molecule has 0 aliphatic heterocycles. The van der Waals surface area contributed by atoms with Gasteiger partial charge in [-0.1, -0.05) is 0 Å². The summed E-state index contributed by atoms with van der Waals surface area (Å²) in [7, 11) is 0. The number of hydrogen-bond donors (Lipinski definition) is 3. The second kappa shape index (κ2) is 8.92. The Morgan fingerprint density at radius 1 is 1.25 bits per heavy atom. The van der Waals surface area contributed by atoms with Crippen molar-refractivity contribution >= 4 is 23.4 Å². The largest absolute Gasteiger partial charge is 0.444 e. The van der Waals surface area contributed by atoms with E-state index in [2.05, 4.69) is 32.4 Å². The van der Waals surface area contributed by atoms with Crippen LogP contribution in [0.5, 0.6) is 0 Å². The molecule has 0 atom stereocenters. The molecule has 1 heterocycles. The van der Waals surface area contributed by atoms with Crippen LogP contribution in [0.25, 0.3) is 0 Å². The van der Waals surface area contributed by atoms with Crippen molar-refractivity contribution in [2.75, 3.05) is 13.1 Å². The van der Waals surface area contributed by atoms with Gasteiger partial charge in [-0.2, -0.15) is 11.3 Å². The number of amides is 1. The van der Waals surface area contributed by atoms with Crippen molar-refractivity contribution in [1.29, 1.82) is 0 Å². The highest BCUT2D eigenvalue weighted by molar-refractivity contribution is 7.07. The molecule has 0 unspecified atom stereocenters. The molecule has 1 rings (SSSR count). The molecule has 24 heavy (non-hydrogen) atoms. The molecule has 0 aliphatic carbocycles. The van der Waals surface area contributed by atoms with Crippen LogP contribution in [-0.4, -0.2) is 36.3 Å². The number of nitrogens with zero attached hydrogens (tertiary/aromatic N) is 1. The lowest BCUT2D eigenvalue weighted by Gasteiger charge is -2.29. The van der Waals surface area contributed by atoms with Crippen LogP contribution in [0.1, 0.15) is 47.1 Å². The van der Waals surface area contributed by atoms with Crippen LogP contribution in [0.3, 0.4) is 0 Å². The van der Waals surface area contributed by atoms with E-state index in [4.69, 9.17) is 4.74 Å². The Bertz CT molecular complexity index is 533. The molecular formula is C17H30N4O2S. The number of carbonyl (C=O) groups is 1. The first-order valence-corrected chi connectivity index (χ1v) is 9.10. The molecule has 0 aliphatic rings. The van der Waals surface area contributed by atoms with Crippen molar-refractivity contribution in [3.8, 4) is 0 Å². The van der Waals surface area contributed by atoms with Gasteiger partial charge in [0.1, 0.15) is 5.60 Å². The third-order valence-electron chi connectivity index (χ3n) is 2.88. The van der Waals surface area contributed by atoms with Crippen LogP contribution in [0.4, 0.5) is 4.79 Å². The monoisotopic (exact) mass is 354 g/mol. The topological polar surface area (TPSA) is 74.8 Å². The number of carbonyl (C=O) groups excluding carboxylic acids is 1. The SMILES string of the molecule is CCNC(=NCc1ccsc1)NCC(C)(C)NC(=O)OC(C)(C)C. The first-order valence-electron chi connectivity index (χ1n) is 8.16. The van der Waals surface area contributed by atoms with E-state index in [9.17, 15) is 4.79 Å². The third-order valence-corrected chi connectivity index (χ3v) is 3.61. The number of aliphatic imine (C=N–C) groups is 1. The maximum Gasteiger partial charge on any atom is 0.408 e. The molecule has 0 aromatic carbocycles. The summed E-state index contributed by atoms with van der Waals surface area (Å²) in [5.41, 5.74) is 0.203. The smallest absolute Gasteiger partial charge is 0.408 e. The number of nitrogens with one attached hydrogen (secondary N) is 3. The number of ether oxygens (including phenoxy) is 1. The Morgan fingerprint density at radius 3 is 2.50 bits per heavy atom. The Morgan fingerprint density at radius 2 is 1.96 bits per heavy atom. The van der Waals surface area contributed by atoms with Crippen molar-refractivity contribution in [3.63, 3.8) is 0 Å². The first kappa shape index (κ1) is 20.3. The number of rotatable bonds is 6. The average molecular weight is 355 g/mol. The van der Waals surface area contributed by atoms with Crippen LogP contribution in [-0.2, 0) is 11.3 Å². The van der Waals surface area contributed by atoms with E-state index in [0.717, 1.165) is 12.5 Å². The van der Waals surface area contributed by atoms with Crippen LogP contribution in [0.2, 0.25) is 0 Å². The second-order valence-electron chi connectivity index (χ2n) is 7.19. The number of guanidine groups is 1. The summed E-state index contributed by atoms with van der Waals surface area (Å²) in [6.07, 6.45) is -0.422. The zero-order valence-electron chi connectivity index (χ0n) is 15.5. The Kier molecular flexibility index (Phi) is 7.54. The molecule has 0 saturated carbocycles. The van der Waals surface area contributed by atoms with Crippen LogP contribution >= 0.6 is 11.3 Å². The lowest BCUT2D eigenvalue weighted by molar-refractivity contribution is 0.0474. The first-order chi connectivity index (χ1) is 11.1. The molecule has 0 radical (unpaired) electrons. The molecule has 0 saturated heterocycles. The van der Waals surface area contributed by atoms with Crippen LogP contribution in [0, 0.1) is 0 Å². The van der Waals surface area contributed by atoms with Gasteiger partial charge in [0.25, 0.3) is 0 Å². The number of alkyl carbamates (subject to hydrolysis) is 1. The fourth-order valence-electron chi connectivity index (χ4n) is 1.82. The van der Waals surface area contributed by atoms with E-state index in [-0.39, 0.29) is 0 Å². The van der Waals surface area contributed by atoms with Gasteiger partial charge in [-0.15, -0.1) is 0 Å². The molecule has 0 bridgehead atoms. The minimum atomic E-state index is -0.509. The number of thiophene rings is 1. The zero-order chi connectivity index (χ0) is 18.2. The van der Waals surface area contributed by atoms with Gasteiger partial charge >= 0.3 is 6.09 Å². The lowest BCUT2D eigenvalue weighted by Crippen LogP contribution is -2.54. The molecule has 136 valence electrons. The van der Waals surface area contributed by atoms with Crippen molar-refractivity contribution in [1.82, 2.24) is 16.0 Å². The van der Waals surface area contributed by atoms with E-state index in [1.54, 1.807) is 11.3 Å². The van der Waals surface area contributed by atoms with Gasteiger partial charge in [-0.3, -0.25) is 0 Å². The normalized spacial score (nSPS) is 12.7. The Balaban J connectivity index is 2.54. The van der Waals surface area contributed by atoms with Gasteiger partial charge in [-0.05, 0) is 63.9 Å². The molecule has 1 amide bonds. The minimum Gasteiger partial charge on any atom is -0.444 e. The van der Waals surface area contributed by atoms with Crippen molar-refractivity contribution in [3.05, 3.63) is 22.4 Å². The predicted octanol–water partition coefficient (Wildman–Crippen LogP) is 3.11. The fourth-order valence-corrected chi connectivity index (χ4v) is 2.48. The lowest BCUT2D eigenvalue weighted by atomic mass is 10.1. The van der Waals surface area contributed by atoms with Gasteiger partial charge in [-0.25, -0.2) is 9.79 Å². The van der Waals surface area contributed by atoms with Crippen molar-refractivity contribution in [2.45, 2.75) is 59.2 Å². The standard InChI is InChI=1S/C17H30N4O2S/c1-7-18-14(19-10-13-8-9-24-11-13)20-12-17(5,6)21-15(22)23-16(2,3)4/h8-9,11H,7,10,12H2,1-6H3,(H,21,22)(H2,18,19,20). The highest BCUT2D eigenvalue weighted by Gasteiger charge is 2.24. The molecule has 3 N–H and O–H groups in total. The maximum atomic E-state index is 11.9. The van der Waals surface area contributed by atoms with Crippen molar-refractivity contribution < 1.29 is 9.53 Å². The van der Waals surface area contributed by atoms with Gasteiger partial charge in [0.2, 0.25) is 0 Å². The summed E-state index contributed by atoms with van der Waals surface area (Å²) in [6.45, 7) is 13.4. The summed E-state index contributed by atoms with van der Waals surface area (Å²) >= 11 is 1.66. The highest BCUT2D eigenvalue weighted by atomic mass is 32.1. The average Bonchev–Trinajstić information content (AvgIpc) is 2.92. The van der Waals surface area contributed by atoms with E-state index in [1.165, 1.54) is 5.56 Å². The van der Waals surface area contributed by atoms with Crippen molar-refractivity contribution in [2.24, 2.45) is 4.99 Å². The quantitative estimate of drug-likeness (QED) is 0.542. The Labute approximate surface area is 149 Å². The summed E-state index contributed by atoms with van der Waals surface area (Å²) < 4.78 is 5.30. The van der Waals surface area contributed by atoms with E-state index < -0.39 is 17.2 Å². The summed E-state index contributed by atoms with van der Waals surface area (Å²) in [5.74, 6) is 0.725. The summed E-state index contributed by atoms with van der Waals surface area (Å²) in [5, 5.41) is 13.5. The fraction of sp³-hybridized carbons (Fsp3) is 0.647. The molecule has 1 aromatic rings. The zero-order valence-corrected chi connectivity index (χ0v) is 16.3. The highest BCUT2D eigenvalue weighted by Crippen LogP contribution is 2.09. The van der Waals surface area contributed by atoms with E-state index in [0.29, 0.717) is 13.1 Å². The van der Waals surface area contributed by atoms with Gasteiger partial charge in [0.15, 0.2) is 5.96 Å². The van der Waals surface area contributed by atoms with Gasteiger partial charge < -0.3 is 20.7 Å². The third kappa shape index (κ3) is 8.76. The molecule has 1 aromatic heterocycles. The Hall–Kier alpha value is -1.76. The number of hydrogen-bond acceptors (Lipinski definition) is 4. The molecule has 7 heteroatoms. The van der Waals surface area contributed by atoms with Gasteiger partial charge in [0, 0.05) is 13.1 Å². The van der Waals surface area contributed by atoms with Gasteiger partial charge in [0.05, 0.1) is 12.1 Å². The summed E-state index contributed by atoms with van der Waals surface area (Å²) in [4.78, 5) is 16.5. The van der Waals surface area contributed by atoms with E-state index >= 15 is 0 Å². The predicted molar refractivity (Wildman–Crippen MR) is 101 cm³/mol. The molecular weight excluding hydrogens is 324 g/mol. The minimum absolute atomic E-state index is 0.422. The second-order valence-corrected chi connectivity index (χ2v) is 7.97. The van der Waals surface area contributed by atoms with Crippen LogP contribution in [0.15, 0.2) is 21.8 Å².